The summed E-state index contributed by atoms with van der Waals surface area (Å²) in [6.07, 6.45) is -4.02. The molecular formula is C24H25F4N7O. The van der Waals surface area contributed by atoms with Gasteiger partial charge in [0.2, 0.25) is 5.91 Å². The molecule has 3 heterocycles. The molecule has 3 N–H and O–H groups in total. The molecule has 0 saturated heterocycles. The highest BCUT2D eigenvalue weighted by molar-refractivity contribution is 5.85. The van der Waals surface area contributed by atoms with Crippen LogP contribution >= 0.6 is 0 Å². The molecule has 0 spiro atoms. The molecule has 3 aliphatic carbocycles. The Hall–Kier alpha value is -3.44. The second kappa shape index (κ2) is 7.53. The Bertz CT molecular complexity index is 1400. The molecule has 1 unspecified atom stereocenters. The molecule has 4 aliphatic rings. The van der Waals surface area contributed by atoms with Crippen molar-refractivity contribution in [2.24, 2.45) is 11.3 Å². The molecule has 8 nitrogen and oxygen atoms in total. The number of amides is 1. The van der Waals surface area contributed by atoms with E-state index in [1.54, 1.807) is 23.1 Å². The number of nitrogens with two attached hydrogens (primary N) is 1. The van der Waals surface area contributed by atoms with E-state index < -0.39 is 29.4 Å². The zero-order chi connectivity index (χ0) is 25.6. The molecule has 190 valence electrons. The van der Waals surface area contributed by atoms with Crippen LogP contribution in [0.15, 0.2) is 18.2 Å². The van der Waals surface area contributed by atoms with Crippen LogP contribution in [-0.2, 0) is 24.1 Å². The van der Waals surface area contributed by atoms with Crippen molar-refractivity contribution in [2.45, 2.75) is 64.6 Å². The van der Waals surface area contributed by atoms with Gasteiger partial charge in [-0.25, -0.2) is 4.39 Å². The molecule has 2 aromatic heterocycles. The molecule has 0 radical (unpaired) electrons. The standard InChI is InChI=1S/C24H25F4N7O/c1-11(13-3-15(24(26,27)28)5-16(29)4-13)30-20-17-9-34(21(36)23-6-14(7-23)18(25)8-23)10-19(17)35-12(2)32-33-22(35)31-20/h3-5,11,14,18H,6-10,29H2,1-2H3,(H,30,31,33)/t11-,14?,18?,23?/m1/s1. The zero-order valence-electron chi connectivity index (χ0n) is 19.7. The van der Waals surface area contributed by atoms with Gasteiger partial charge in [0.25, 0.3) is 5.78 Å². The average Bonchev–Trinajstić information content (AvgIpc) is 3.53. The summed E-state index contributed by atoms with van der Waals surface area (Å²) in [5.74, 6) is 1.27. The summed E-state index contributed by atoms with van der Waals surface area (Å²) in [5, 5.41) is 11.4. The number of carbonyl (C=O) groups is 1. The summed E-state index contributed by atoms with van der Waals surface area (Å²) in [6.45, 7) is 4.06. The third-order valence-electron chi connectivity index (χ3n) is 7.92. The summed E-state index contributed by atoms with van der Waals surface area (Å²) < 4.78 is 55.9. The number of alkyl halides is 4. The van der Waals surface area contributed by atoms with Gasteiger partial charge in [-0.2, -0.15) is 18.2 Å². The van der Waals surface area contributed by atoms with E-state index in [0.717, 1.165) is 23.4 Å². The number of benzene rings is 1. The first-order valence-electron chi connectivity index (χ1n) is 11.9. The first-order valence-corrected chi connectivity index (χ1v) is 11.9. The number of halogens is 4. The highest BCUT2D eigenvalue weighted by Crippen LogP contribution is 2.61. The fourth-order valence-corrected chi connectivity index (χ4v) is 6.08. The first-order chi connectivity index (χ1) is 16.9. The Morgan fingerprint density at radius 1 is 1.19 bits per heavy atom. The third-order valence-corrected chi connectivity index (χ3v) is 7.92. The minimum atomic E-state index is -4.53. The topological polar surface area (TPSA) is 101 Å². The Labute approximate surface area is 203 Å². The molecule has 1 amide bonds. The quantitative estimate of drug-likeness (QED) is 0.409. The molecule has 3 aromatic rings. The van der Waals surface area contributed by atoms with Crippen LogP contribution in [0.25, 0.3) is 5.78 Å². The van der Waals surface area contributed by atoms with Gasteiger partial charge in [0.15, 0.2) is 0 Å². The summed E-state index contributed by atoms with van der Waals surface area (Å²) in [6, 6.07) is 2.87. The van der Waals surface area contributed by atoms with E-state index in [9.17, 15) is 22.4 Å². The van der Waals surface area contributed by atoms with Crippen molar-refractivity contribution in [1.29, 1.82) is 0 Å². The maximum absolute atomic E-state index is 14.1. The van der Waals surface area contributed by atoms with Gasteiger partial charge in [0, 0.05) is 11.3 Å². The van der Waals surface area contributed by atoms with Crippen molar-refractivity contribution < 1.29 is 22.4 Å². The van der Waals surface area contributed by atoms with Crippen molar-refractivity contribution in [2.75, 3.05) is 11.1 Å². The summed E-state index contributed by atoms with van der Waals surface area (Å²) in [5.41, 5.74) is 6.19. The van der Waals surface area contributed by atoms with Gasteiger partial charge < -0.3 is 16.0 Å². The van der Waals surface area contributed by atoms with Crippen LogP contribution < -0.4 is 11.1 Å². The van der Waals surface area contributed by atoms with Crippen LogP contribution in [0.4, 0.5) is 29.1 Å². The number of anilines is 2. The van der Waals surface area contributed by atoms with Crippen molar-refractivity contribution in [3.63, 3.8) is 0 Å². The minimum absolute atomic E-state index is 0.00718. The van der Waals surface area contributed by atoms with E-state index in [0.29, 0.717) is 42.4 Å². The van der Waals surface area contributed by atoms with E-state index in [-0.39, 0.29) is 30.5 Å². The van der Waals surface area contributed by atoms with E-state index in [1.165, 1.54) is 6.07 Å². The highest BCUT2D eigenvalue weighted by Gasteiger charge is 2.62. The van der Waals surface area contributed by atoms with Gasteiger partial charge in [-0.3, -0.25) is 9.20 Å². The van der Waals surface area contributed by atoms with Gasteiger partial charge in [-0.15, -0.1) is 10.2 Å². The largest absolute Gasteiger partial charge is 0.416 e. The number of nitrogen functional groups attached to an aromatic ring is 1. The van der Waals surface area contributed by atoms with Crippen molar-refractivity contribution in [3.05, 3.63) is 46.4 Å². The van der Waals surface area contributed by atoms with Gasteiger partial charge >= 0.3 is 6.18 Å². The fraction of sp³-hybridized carbons (Fsp3) is 0.500. The molecule has 2 atom stereocenters. The van der Waals surface area contributed by atoms with Gasteiger partial charge in [-0.1, -0.05) is 0 Å². The summed E-state index contributed by atoms with van der Waals surface area (Å²) in [7, 11) is 0. The van der Waals surface area contributed by atoms with Crippen LogP contribution in [0.2, 0.25) is 0 Å². The summed E-state index contributed by atoms with van der Waals surface area (Å²) >= 11 is 0. The van der Waals surface area contributed by atoms with Crippen molar-refractivity contribution in [3.8, 4) is 0 Å². The Morgan fingerprint density at radius 2 is 1.94 bits per heavy atom. The van der Waals surface area contributed by atoms with Crippen LogP contribution in [0.1, 0.15) is 60.4 Å². The molecule has 3 fully saturated rings. The number of carbonyl (C=O) groups excluding carboxylic acids is 1. The highest BCUT2D eigenvalue weighted by atomic mass is 19.4. The lowest BCUT2D eigenvalue weighted by atomic mass is 9.69. The summed E-state index contributed by atoms with van der Waals surface area (Å²) in [4.78, 5) is 19.8. The number of hydrogen-bond donors (Lipinski definition) is 2. The molecular weight excluding hydrogens is 478 g/mol. The van der Waals surface area contributed by atoms with Gasteiger partial charge in [0.05, 0.1) is 35.8 Å². The first kappa shape index (κ1) is 23.0. The lowest BCUT2D eigenvalue weighted by Gasteiger charge is -2.39. The molecule has 1 aromatic carbocycles. The number of rotatable bonds is 4. The van der Waals surface area contributed by atoms with Crippen molar-refractivity contribution in [1.82, 2.24) is 24.5 Å². The molecule has 3 saturated carbocycles. The number of nitrogens with one attached hydrogen (secondary N) is 1. The van der Waals surface area contributed by atoms with Gasteiger partial charge in [0.1, 0.15) is 17.8 Å². The Balaban J connectivity index is 1.34. The third kappa shape index (κ3) is 3.40. The Morgan fingerprint density at radius 3 is 2.61 bits per heavy atom. The number of aryl methyl sites for hydroxylation is 1. The number of nitrogens with zero attached hydrogens (tertiary/aromatic N) is 5. The number of hydrogen-bond acceptors (Lipinski definition) is 6. The average molecular weight is 504 g/mol. The smallest absolute Gasteiger partial charge is 0.399 e. The molecule has 7 rings (SSSR count). The normalized spacial score (nSPS) is 25.7. The van der Waals surface area contributed by atoms with Crippen LogP contribution in [-0.4, -0.2) is 36.6 Å². The maximum Gasteiger partial charge on any atom is 0.416 e. The lowest BCUT2D eigenvalue weighted by molar-refractivity contribution is -0.147. The second-order valence-electron chi connectivity index (χ2n) is 10.4. The van der Waals surface area contributed by atoms with Gasteiger partial charge in [-0.05, 0) is 62.8 Å². The fourth-order valence-electron chi connectivity index (χ4n) is 6.08. The van der Waals surface area contributed by atoms with Crippen LogP contribution in [0.5, 0.6) is 0 Å². The van der Waals surface area contributed by atoms with Crippen LogP contribution in [0.3, 0.4) is 0 Å². The SMILES string of the molecule is Cc1nnc2nc(N[C@H](C)c3cc(N)cc(C(F)(F)F)c3)c3c(n12)CN(C(=O)C12CC(F)C(C1)C2)C3. The monoisotopic (exact) mass is 503 g/mol. The Kier molecular flexibility index (Phi) is 4.81. The zero-order valence-corrected chi connectivity index (χ0v) is 19.7. The number of aromatic nitrogens is 4. The van der Waals surface area contributed by atoms with E-state index in [2.05, 4.69) is 20.5 Å². The van der Waals surface area contributed by atoms with E-state index >= 15 is 0 Å². The number of fused-ring (bicyclic) bond motifs is 4. The lowest BCUT2D eigenvalue weighted by Crippen LogP contribution is -2.44. The second-order valence-corrected chi connectivity index (χ2v) is 10.4. The minimum Gasteiger partial charge on any atom is -0.399 e. The van der Waals surface area contributed by atoms with E-state index in [1.807, 2.05) is 0 Å². The van der Waals surface area contributed by atoms with Crippen molar-refractivity contribution >= 4 is 23.2 Å². The molecule has 1 aliphatic heterocycles. The predicted octanol–water partition coefficient (Wildman–Crippen LogP) is 4.19. The predicted molar refractivity (Wildman–Crippen MR) is 122 cm³/mol. The van der Waals surface area contributed by atoms with Crippen LogP contribution in [0, 0.1) is 18.3 Å². The molecule has 12 heteroatoms. The molecule has 2 bridgehead atoms. The van der Waals surface area contributed by atoms with E-state index in [4.69, 9.17) is 5.73 Å². The molecule has 36 heavy (non-hydrogen) atoms. The maximum atomic E-state index is 14.1.